The Kier molecular flexibility index (Phi) is 6.29. The first kappa shape index (κ1) is 21.0. The van der Waals surface area contributed by atoms with Crippen LogP contribution in [0.15, 0.2) is 77.7 Å². The third-order valence-corrected chi connectivity index (χ3v) is 6.50. The van der Waals surface area contributed by atoms with E-state index >= 15 is 0 Å². The maximum absolute atomic E-state index is 13.7. The Morgan fingerprint density at radius 2 is 1.68 bits per heavy atom. The van der Waals surface area contributed by atoms with Gasteiger partial charge in [0.25, 0.3) is 5.91 Å². The molecule has 0 aliphatic heterocycles. The molecule has 0 spiro atoms. The molecule has 3 aromatic carbocycles. The highest BCUT2D eigenvalue weighted by Gasteiger charge is 2.17. The van der Waals surface area contributed by atoms with Gasteiger partial charge in [-0.05, 0) is 55.5 Å². The Morgan fingerprint density at radius 1 is 0.968 bits per heavy atom. The van der Waals surface area contributed by atoms with Crippen LogP contribution in [-0.4, -0.2) is 22.0 Å². The highest BCUT2D eigenvalue weighted by Crippen LogP contribution is 2.28. The van der Waals surface area contributed by atoms with Crippen LogP contribution in [0.3, 0.4) is 0 Å². The minimum Gasteiger partial charge on any atom is -0.322 e. The molecule has 8 heteroatoms. The number of nitrogens with one attached hydrogen (secondary N) is 2. The van der Waals surface area contributed by atoms with E-state index in [0.29, 0.717) is 10.8 Å². The summed E-state index contributed by atoms with van der Waals surface area (Å²) in [6.45, 7) is 1.82. The minimum absolute atomic E-state index is 0.0129. The van der Waals surface area contributed by atoms with Gasteiger partial charge in [-0.1, -0.05) is 35.6 Å². The quantitative estimate of drug-likeness (QED) is 0.363. The molecule has 0 aliphatic carbocycles. The Labute approximate surface area is 186 Å². The van der Waals surface area contributed by atoms with Crippen molar-refractivity contribution in [2.24, 2.45) is 0 Å². The second-order valence-corrected chi connectivity index (χ2v) is 9.14. The molecule has 4 aromatic rings. The van der Waals surface area contributed by atoms with Gasteiger partial charge in [0.15, 0.2) is 5.13 Å². The fraction of sp³-hybridized carbons (Fsp3) is 0.0870. The number of fused-ring (bicyclic) bond motifs is 1. The summed E-state index contributed by atoms with van der Waals surface area (Å²) in [5, 5.41) is 5.77. The Morgan fingerprint density at radius 3 is 2.42 bits per heavy atom. The van der Waals surface area contributed by atoms with E-state index in [4.69, 9.17) is 0 Å². The van der Waals surface area contributed by atoms with E-state index in [1.165, 1.54) is 41.3 Å². The van der Waals surface area contributed by atoms with Crippen molar-refractivity contribution in [1.29, 1.82) is 0 Å². The molecule has 0 fully saturated rings. The number of thiazole rings is 1. The Hall–Kier alpha value is -3.23. The molecule has 5 nitrogen and oxygen atoms in total. The van der Waals surface area contributed by atoms with Gasteiger partial charge in [0.1, 0.15) is 5.82 Å². The number of para-hydroxylation sites is 1. The van der Waals surface area contributed by atoms with Gasteiger partial charge < -0.3 is 10.6 Å². The molecule has 0 aliphatic rings. The van der Waals surface area contributed by atoms with Gasteiger partial charge >= 0.3 is 0 Å². The van der Waals surface area contributed by atoms with Gasteiger partial charge in [-0.25, -0.2) is 9.37 Å². The van der Waals surface area contributed by atoms with E-state index in [-0.39, 0.29) is 16.7 Å². The summed E-state index contributed by atoms with van der Waals surface area (Å²) in [5.41, 5.74) is 1.39. The Bertz CT molecular complexity index is 1210. The van der Waals surface area contributed by atoms with E-state index in [1.54, 1.807) is 18.2 Å². The van der Waals surface area contributed by atoms with Gasteiger partial charge in [-0.2, -0.15) is 0 Å². The first-order valence-electron chi connectivity index (χ1n) is 9.48. The second-order valence-electron chi connectivity index (χ2n) is 6.69. The second kappa shape index (κ2) is 9.28. The lowest BCUT2D eigenvalue weighted by atomic mass is 10.2. The van der Waals surface area contributed by atoms with Crippen LogP contribution in [-0.2, 0) is 4.79 Å². The lowest BCUT2D eigenvalue weighted by Gasteiger charge is -2.11. The van der Waals surface area contributed by atoms with Crippen molar-refractivity contribution < 1.29 is 14.0 Å². The number of rotatable bonds is 6. The van der Waals surface area contributed by atoms with E-state index in [1.807, 2.05) is 43.3 Å². The number of halogens is 1. The molecule has 2 N–H and O–H groups in total. The van der Waals surface area contributed by atoms with Crippen molar-refractivity contribution in [3.05, 3.63) is 84.2 Å². The zero-order valence-electron chi connectivity index (χ0n) is 16.5. The number of hydrogen-bond donors (Lipinski definition) is 2. The molecular formula is C23H18FN3O2S2. The molecule has 0 bridgehead atoms. The normalized spacial score (nSPS) is 11.8. The van der Waals surface area contributed by atoms with Crippen LogP contribution < -0.4 is 10.6 Å². The third-order valence-electron chi connectivity index (χ3n) is 4.44. The van der Waals surface area contributed by atoms with Gasteiger partial charge in [-0.15, -0.1) is 11.8 Å². The maximum atomic E-state index is 13.7. The molecule has 1 unspecified atom stereocenters. The van der Waals surface area contributed by atoms with Crippen LogP contribution in [0.1, 0.15) is 17.3 Å². The van der Waals surface area contributed by atoms with Crippen molar-refractivity contribution in [2.75, 3.05) is 10.6 Å². The van der Waals surface area contributed by atoms with Crippen molar-refractivity contribution in [3.63, 3.8) is 0 Å². The number of carbonyl (C=O) groups is 2. The molecule has 0 saturated heterocycles. The molecule has 31 heavy (non-hydrogen) atoms. The van der Waals surface area contributed by atoms with Gasteiger partial charge in [-0.3, -0.25) is 9.59 Å². The highest BCUT2D eigenvalue weighted by atomic mass is 32.2. The number of carbonyl (C=O) groups excluding carboxylic acids is 2. The number of aromatic nitrogens is 1. The largest absolute Gasteiger partial charge is 0.322 e. The van der Waals surface area contributed by atoms with Crippen LogP contribution in [0.25, 0.3) is 10.2 Å². The summed E-state index contributed by atoms with van der Waals surface area (Å²) < 4.78 is 14.8. The molecule has 156 valence electrons. The van der Waals surface area contributed by atoms with Crippen LogP contribution in [0.5, 0.6) is 0 Å². The van der Waals surface area contributed by atoms with Gasteiger partial charge in [0.05, 0.1) is 21.0 Å². The lowest BCUT2D eigenvalue weighted by molar-refractivity contribution is -0.115. The first-order chi connectivity index (χ1) is 15.0. The van der Waals surface area contributed by atoms with Crippen molar-refractivity contribution in [3.8, 4) is 0 Å². The average Bonchev–Trinajstić information content (AvgIpc) is 3.17. The number of amides is 2. The number of nitrogens with zero attached hydrogens (tertiary/aromatic N) is 1. The zero-order chi connectivity index (χ0) is 21.8. The van der Waals surface area contributed by atoms with Crippen LogP contribution in [0, 0.1) is 5.82 Å². The van der Waals surface area contributed by atoms with E-state index < -0.39 is 11.7 Å². The topological polar surface area (TPSA) is 71.1 Å². The van der Waals surface area contributed by atoms with E-state index in [0.717, 1.165) is 15.1 Å². The fourth-order valence-corrected chi connectivity index (χ4v) is 4.59. The SMILES string of the molecule is CC(Sc1ccc(NC(=O)c2ccccc2F)cc1)C(=O)Nc1nc2ccccc2s1. The van der Waals surface area contributed by atoms with Crippen LogP contribution in [0.4, 0.5) is 15.2 Å². The highest BCUT2D eigenvalue weighted by molar-refractivity contribution is 8.00. The summed E-state index contributed by atoms with van der Waals surface area (Å²) >= 11 is 2.83. The molecule has 2 amide bonds. The predicted octanol–water partition coefficient (Wildman–Crippen LogP) is 5.81. The number of thioether (sulfide) groups is 1. The van der Waals surface area contributed by atoms with Crippen LogP contribution in [0.2, 0.25) is 0 Å². The lowest BCUT2D eigenvalue weighted by Crippen LogP contribution is -2.22. The molecule has 0 radical (unpaired) electrons. The maximum Gasteiger partial charge on any atom is 0.258 e. The smallest absolute Gasteiger partial charge is 0.258 e. The number of hydrogen-bond acceptors (Lipinski definition) is 5. The molecule has 4 rings (SSSR count). The predicted molar refractivity (Wildman–Crippen MR) is 124 cm³/mol. The fourth-order valence-electron chi connectivity index (χ4n) is 2.85. The van der Waals surface area contributed by atoms with Crippen molar-refractivity contribution in [2.45, 2.75) is 17.1 Å². The summed E-state index contributed by atoms with van der Waals surface area (Å²) in [6.07, 6.45) is 0. The molecule has 1 heterocycles. The summed E-state index contributed by atoms with van der Waals surface area (Å²) in [6, 6.07) is 20.6. The Balaban J connectivity index is 1.35. The number of benzene rings is 3. The van der Waals surface area contributed by atoms with E-state index in [2.05, 4.69) is 15.6 Å². The molecule has 0 saturated carbocycles. The summed E-state index contributed by atoms with van der Waals surface area (Å²) in [7, 11) is 0. The third kappa shape index (κ3) is 5.10. The number of anilines is 2. The van der Waals surface area contributed by atoms with Crippen LogP contribution >= 0.6 is 23.1 Å². The molecule has 1 aromatic heterocycles. The van der Waals surface area contributed by atoms with Gasteiger partial charge in [0.2, 0.25) is 5.91 Å². The summed E-state index contributed by atoms with van der Waals surface area (Å²) in [4.78, 5) is 30.0. The van der Waals surface area contributed by atoms with Crippen molar-refractivity contribution >= 4 is 55.9 Å². The van der Waals surface area contributed by atoms with E-state index in [9.17, 15) is 14.0 Å². The molecule has 1 atom stereocenters. The summed E-state index contributed by atoms with van der Waals surface area (Å²) in [5.74, 6) is -1.22. The van der Waals surface area contributed by atoms with Gasteiger partial charge in [0, 0.05) is 10.6 Å². The minimum atomic E-state index is -0.569. The zero-order valence-corrected chi connectivity index (χ0v) is 18.1. The molecular weight excluding hydrogens is 433 g/mol. The standard InChI is InChI=1S/C23H18FN3O2S2/c1-14(21(28)27-23-26-19-8-4-5-9-20(19)31-23)30-16-12-10-15(11-13-16)25-22(29)17-6-2-3-7-18(17)24/h2-14H,1H3,(H,25,29)(H,26,27,28). The average molecular weight is 452 g/mol. The first-order valence-corrected chi connectivity index (χ1v) is 11.2. The van der Waals surface area contributed by atoms with Crippen molar-refractivity contribution in [1.82, 2.24) is 4.98 Å². The monoisotopic (exact) mass is 451 g/mol.